The Hall–Kier alpha value is -4.48. The van der Waals surface area contributed by atoms with Gasteiger partial charge in [-0.3, -0.25) is 9.59 Å². The molecule has 48 heavy (non-hydrogen) atoms. The van der Waals surface area contributed by atoms with Crippen molar-refractivity contribution in [3.05, 3.63) is 108 Å². The Labute approximate surface area is 296 Å². The SMILES string of the molecule is CCOc1cc(C)c(-c2nc3ccccc3c(=O)n2N=Cc2cc(OC)c(OCC(=O)Nc3ccccc3C)c(Br)c2Br)cc1C(C)C. The first-order valence-corrected chi connectivity index (χ1v) is 17.0. The zero-order valence-electron chi connectivity index (χ0n) is 27.6. The van der Waals surface area contributed by atoms with E-state index in [1.807, 2.05) is 69.3 Å². The van der Waals surface area contributed by atoms with Crippen molar-refractivity contribution in [3.8, 4) is 28.6 Å². The number of anilines is 1. The van der Waals surface area contributed by atoms with Gasteiger partial charge in [0, 0.05) is 21.3 Å². The Morgan fingerprint density at radius 1 is 0.979 bits per heavy atom. The maximum absolute atomic E-state index is 14.0. The summed E-state index contributed by atoms with van der Waals surface area (Å²) < 4.78 is 19.9. The molecule has 248 valence electrons. The minimum Gasteiger partial charge on any atom is -0.494 e. The second-order valence-corrected chi connectivity index (χ2v) is 13.0. The maximum Gasteiger partial charge on any atom is 0.282 e. The summed E-state index contributed by atoms with van der Waals surface area (Å²) >= 11 is 7.22. The normalized spacial score (nSPS) is 11.4. The van der Waals surface area contributed by atoms with Crippen molar-refractivity contribution in [2.45, 2.75) is 40.5 Å². The third-order valence-electron chi connectivity index (χ3n) is 7.73. The predicted molar refractivity (Wildman–Crippen MR) is 198 cm³/mol. The fourth-order valence-corrected chi connectivity index (χ4v) is 6.15. The molecule has 0 saturated heterocycles. The monoisotopic (exact) mass is 774 g/mol. The van der Waals surface area contributed by atoms with E-state index in [0.29, 0.717) is 55.0 Å². The Bertz CT molecular complexity index is 2090. The van der Waals surface area contributed by atoms with Crippen molar-refractivity contribution < 1.29 is 19.0 Å². The number of para-hydroxylation sites is 2. The van der Waals surface area contributed by atoms with Crippen LogP contribution >= 0.6 is 31.9 Å². The number of halogens is 2. The van der Waals surface area contributed by atoms with Gasteiger partial charge < -0.3 is 19.5 Å². The van der Waals surface area contributed by atoms with Crippen LogP contribution in [0.4, 0.5) is 5.69 Å². The number of aryl methyl sites for hydroxylation is 2. The number of nitrogens with one attached hydrogen (secondary N) is 1. The van der Waals surface area contributed by atoms with Gasteiger partial charge in [-0.2, -0.15) is 9.78 Å². The lowest BCUT2D eigenvalue weighted by Crippen LogP contribution is -2.21. The van der Waals surface area contributed by atoms with E-state index in [-0.39, 0.29) is 24.0 Å². The van der Waals surface area contributed by atoms with E-state index in [9.17, 15) is 9.59 Å². The number of carbonyl (C=O) groups excluding carboxylic acids is 1. The van der Waals surface area contributed by atoms with E-state index in [0.717, 1.165) is 28.0 Å². The van der Waals surface area contributed by atoms with Crippen molar-refractivity contribution >= 4 is 60.6 Å². The molecule has 5 aromatic rings. The molecule has 0 aliphatic rings. The van der Waals surface area contributed by atoms with Gasteiger partial charge in [-0.15, -0.1) is 0 Å². The number of carbonyl (C=O) groups is 1. The summed E-state index contributed by atoms with van der Waals surface area (Å²) in [5.41, 5.74) is 5.18. The third-order valence-corrected chi connectivity index (χ3v) is 9.87. The summed E-state index contributed by atoms with van der Waals surface area (Å²) in [5, 5.41) is 7.99. The van der Waals surface area contributed by atoms with Crippen molar-refractivity contribution in [2.24, 2.45) is 5.10 Å². The highest BCUT2D eigenvalue weighted by molar-refractivity contribution is 9.13. The summed E-state index contributed by atoms with van der Waals surface area (Å²) in [6.07, 6.45) is 1.56. The fraction of sp³-hybridized carbons (Fsp3) is 0.243. The van der Waals surface area contributed by atoms with Gasteiger partial charge in [-0.1, -0.05) is 44.2 Å². The fourth-order valence-electron chi connectivity index (χ4n) is 5.22. The van der Waals surface area contributed by atoms with E-state index in [1.165, 1.54) is 11.8 Å². The molecular weight excluding hydrogens is 740 g/mol. The maximum atomic E-state index is 14.0. The van der Waals surface area contributed by atoms with E-state index in [4.69, 9.17) is 19.2 Å². The van der Waals surface area contributed by atoms with E-state index < -0.39 is 0 Å². The van der Waals surface area contributed by atoms with Gasteiger partial charge in [0.25, 0.3) is 11.5 Å². The van der Waals surface area contributed by atoms with Crippen LogP contribution in [0.2, 0.25) is 0 Å². The molecule has 9 nitrogen and oxygen atoms in total. The van der Waals surface area contributed by atoms with Crippen LogP contribution in [-0.2, 0) is 4.79 Å². The van der Waals surface area contributed by atoms with Crippen LogP contribution in [0.1, 0.15) is 48.9 Å². The first kappa shape index (κ1) is 34.8. The summed E-state index contributed by atoms with van der Waals surface area (Å²) in [6.45, 7) is 10.3. The number of ether oxygens (including phenoxy) is 3. The number of fused-ring (bicyclic) bond motifs is 1. The van der Waals surface area contributed by atoms with Crippen LogP contribution in [-0.4, -0.2) is 42.1 Å². The van der Waals surface area contributed by atoms with Crippen LogP contribution < -0.4 is 25.1 Å². The van der Waals surface area contributed by atoms with Gasteiger partial charge in [-0.25, -0.2) is 4.98 Å². The third kappa shape index (κ3) is 7.32. The number of hydrogen-bond acceptors (Lipinski definition) is 7. The molecule has 0 atom stereocenters. The molecule has 0 aliphatic heterocycles. The lowest BCUT2D eigenvalue weighted by atomic mass is 9.96. The molecule has 0 fully saturated rings. The van der Waals surface area contributed by atoms with Gasteiger partial charge in [0.15, 0.2) is 23.9 Å². The molecule has 0 unspecified atom stereocenters. The average molecular weight is 777 g/mol. The summed E-state index contributed by atoms with van der Waals surface area (Å²) in [5.74, 6) is 1.76. The molecule has 0 bridgehead atoms. The van der Waals surface area contributed by atoms with E-state index in [2.05, 4.69) is 56.1 Å². The Morgan fingerprint density at radius 2 is 1.71 bits per heavy atom. The lowest BCUT2D eigenvalue weighted by Gasteiger charge is -2.18. The summed E-state index contributed by atoms with van der Waals surface area (Å²) in [4.78, 5) is 31.6. The van der Waals surface area contributed by atoms with Crippen LogP contribution in [0, 0.1) is 13.8 Å². The zero-order valence-corrected chi connectivity index (χ0v) is 30.7. The second-order valence-electron chi connectivity index (χ2n) is 11.4. The highest BCUT2D eigenvalue weighted by Crippen LogP contribution is 2.42. The highest BCUT2D eigenvalue weighted by atomic mass is 79.9. The molecule has 1 aromatic heterocycles. The topological polar surface area (TPSA) is 104 Å². The molecular formula is C37H36Br2N4O5. The molecule has 0 spiro atoms. The van der Waals surface area contributed by atoms with E-state index >= 15 is 0 Å². The molecule has 0 aliphatic carbocycles. The molecule has 11 heteroatoms. The van der Waals surface area contributed by atoms with Crippen molar-refractivity contribution in [1.29, 1.82) is 0 Å². The Balaban J connectivity index is 1.55. The van der Waals surface area contributed by atoms with Crippen LogP contribution in [0.5, 0.6) is 17.2 Å². The number of nitrogens with zero attached hydrogens (tertiary/aromatic N) is 3. The molecule has 1 heterocycles. The van der Waals surface area contributed by atoms with Crippen molar-refractivity contribution in [2.75, 3.05) is 25.6 Å². The number of aromatic nitrogens is 2. The first-order chi connectivity index (χ1) is 23.0. The standard InChI is InChI=1S/C37H36Br2N4O5/c1-7-47-30-16-23(5)27(18-26(30)21(2)3)36-42-29-15-11-9-13-25(29)37(45)43(36)40-19-24-17-31(46-6)35(34(39)33(24)38)48-20-32(44)41-28-14-10-8-12-22(28)4/h8-19,21H,7,20H2,1-6H3,(H,41,44). The predicted octanol–water partition coefficient (Wildman–Crippen LogP) is 8.64. The largest absolute Gasteiger partial charge is 0.494 e. The van der Waals surface area contributed by atoms with Crippen LogP contribution in [0.3, 0.4) is 0 Å². The number of rotatable bonds is 11. The molecule has 0 saturated carbocycles. The minimum absolute atomic E-state index is 0.171. The number of amides is 1. The minimum atomic E-state index is -0.319. The highest BCUT2D eigenvalue weighted by Gasteiger charge is 2.21. The van der Waals surface area contributed by atoms with Crippen molar-refractivity contribution in [3.63, 3.8) is 0 Å². The van der Waals surface area contributed by atoms with Crippen LogP contribution in [0.25, 0.3) is 22.3 Å². The van der Waals surface area contributed by atoms with Crippen molar-refractivity contribution in [1.82, 2.24) is 9.66 Å². The number of methoxy groups -OCH3 is 1. The Morgan fingerprint density at radius 3 is 2.42 bits per heavy atom. The molecule has 1 amide bonds. The molecule has 1 N–H and O–H groups in total. The zero-order chi connectivity index (χ0) is 34.5. The summed E-state index contributed by atoms with van der Waals surface area (Å²) in [6, 6.07) is 20.5. The smallest absolute Gasteiger partial charge is 0.282 e. The van der Waals surface area contributed by atoms with Gasteiger partial charge in [0.1, 0.15) is 5.75 Å². The second kappa shape index (κ2) is 15.2. The lowest BCUT2D eigenvalue weighted by molar-refractivity contribution is -0.118. The number of hydrogen-bond donors (Lipinski definition) is 1. The van der Waals surface area contributed by atoms with Gasteiger partial charge in [0.2, 0.25) is 0 Å². The van der Waals surface area contributed by atoms with Gasteiger partial charge in [-0.05, 0) is 112 Å². The average Bonchev–Trinajstić information content (AvgIpc) is 3.06. The number of benzene rings is 4. The first-order valence-electron chi connectivity index (χ1n) is 15.4. The van der Waals surface area contributed by atoms with Gasteiger partial charge in [0.05, 0.1) is 35.3 Å². The Kier molecular flexibility index (Phi) is 11.0. The molecule has 0 radical (unpaired) electrons. The van der Waals surface area contributed by atoms with Crippen LogP contribution in [0.15, 0.2) is 85.6 Å². The van der Waals surface area contributed by atoms with E-state index in [1.54, 1.807) is 24.4 Å². The molecule has 4 aromatic carbocycles. The van der Waals surface area contributed by atoms with Gasteiger partial charge >= 0.3 is 0 Å². The summed E-state index contributed by atoms with van der Waals surface area (Å²) in [7, 11) is 1.51. The molecule has 5 rings (SSSR count). The quantitative estimate of drug-likeness (QED) is 0.135.